The summed E-state index contributed by atoms with van der Waals surface area (Å²) in [6.45, 7) is 12.5. The Morgan fingerprint density at radius 2 is 1.67 bits per heavy atom. The molecule has 0 bridgehead atoms. The van der Waals surface area contributed by atoms with E-state index in [-0.39, 0.29) is 17.9 Å². The van der Waals surface area contributed by atoms with Gasteiger partial charge in [0.05, 0.1) is 13.0 Å². The number of nitrogens with zero attached hydrogens (tertiary/aromatic N) is 2. The van der Waals surface area contributed by atoms with E-state index >= 15 is 0 Å². The lowest BCUT2D eigenvalue weighted by molar-refractivity contribution is -0.134. The number of amides is 1. The van der Waals surface area contributed by atoms with Gasteiger partial charge in [0.2, 0.25) is 5.91 Å². The van der Waals surface area contributed by atoms with Crippen molar-refractivity contribution in [3.8, 4) is 5.75 Å². The first kappa shape index (κ1) is 26.7. The van der Waals surface area contributed by atoms with Crippen LogP contribution in [0.5, 0.6) is 5.75 Å². The second kappa shape index (κ2) is 14.5. The fourth-order valence-electron chi connectivity index (χ4n) is 4.33. The normalized spacial score (nSPS) is 13.3. The lowest BCUT2D eigenvalue weighted by Gasteiger charge is -2.32. The van der Waals surface area contributed by atoms with Crippen LogP contribution in [0.25, 0.3) is 6.08 Å². The number of carbonyl (C=O) groups is 1. The number of ether oxygens (including phenoxy) is 1. The Kier molecular flexibility index (Phi) is 11.7. The van der Waals surface area contributed by atoms with E-state index in [1.165, 1.54) is 0 Å². The number of rotatable bonds is 14. The van der Waals surface area contributed by atoms with Crippen LogP contribution in [0.4, 0.5) is 0 Å². The summed E-state index contributed by atoms with van der Waals surface area (Å²) in [6.07, 6.45) is 7.03. The summed E-state index contributed by atoms with van der Waals surface area (Å²) < 4.78 is 5.47. The fraction of sp³-hybridized carbons (Fsp3) is 0.483. The molecule has 2 aromatic carbocycles. The maximum absolute atomic E-state index is 13.7. The molecule has 0 aromatic heterocycles. The maximum Gasteiger partial charge on any atom is 0.230 e. The molecule has 2 atom stereocenters. The molecule has 0 heterocycles. The molecular weight excluding hydrogens is 408 g/mol. The monoisotopic (exact) mass is 450 g/mol. The van der Waals surface area contributed by atoms with E-state index in [1.807, 2.05) is 42.5 Å². The summed E-state index contributed by atoms with van der Waals surface area (Å²) in [7, 11) is 1.69. The zero-order valence-electron chi connectivity index (χ0n) is 21.2. The lowest BCUT2D eigenvalue weighted by atomic mass is 9.94. The van der Waals surface area contributed by atoms with Crippen LogP contribution in [0.15, 0.2) is 60.7 Å². The Balaban J connectivity index is 2.19. The molecule has 0 saturated heterocycles. The van der Waals surface area contributed by atoms with Crippen LogP contribution in [0, 0.1) is 0 Å². The van der Waals surface area contributed by atoms with E-state index in [4.69, 9.17) is 4.74 Å². The highest BCUT2D eigenvalue weighted by Crippen LogP contribution is 2.25. The van der Waals surface area contributed by atoms with Gasteiger partial charge in [0.15, 0.2) is 0 Å². The molecule has 2 aromatic rings. The largest absolute Gasteiger partial charge is 0.496 e. The van der Waals surface area contributed by atoms with Crippen LogP contribution in [-0.2, 0) is 4.79 Å². The fourth-order valence-corrected chi connectivity index (χ4v) is 4.33. The summed E-state index contributed by atoms with van der Waals surface area (Å²) in [5.41, 5.74) is 2.12. The molecule has 0 aliphatic heterocycles. The molecule has 1 amide bonds. The molecule has 4 nitrogen and oxygen atoms in total. The average molecular weight is 451 g/mol. The van der Waals surface area contributed by atoms with Crippen LogP contribution in [0.2, 0.25) is 0 Å². The average Bonchev–Trinajstić information content (AvgIpc) is 2.85. The van der Waals surface area contributed by atoms with Gasteiger partial charge in [-0.25, -0.2) is 0 Å². The van der Waals surface area contributed by atoms with Crippen LogP contribution in [-0.4, -0.2) is 55.0 Å². The number of methoxy groups -OCH3 is 1. The minimum absolute atomic E-state index is 0.115. The van der Waals surface area contributed by atoms with Crippen LogP contribution in [0.3, 0.4) is 0 Å². The Bertz CT molecular complexity index is 846. The molecule has 0 N–H and O–H groups in total. The number of carbonyl (C=O) groups excluding carboxylic acids is 1. The molecule has 0 saturated carbocycles. The topological polar surface area (TPSA) is 32.8 Å². The highest BCUT2D eigenvalue weighted by Gasteiger charge is 2.27. The van der Waals surface area contributed by atoms with Gasteiger partial charge in [0, 0.05) is 18.2 Å². The zero-order valence-corrected chi connectivity index (χ0v) is 21.2. The standard InChI is InChI=1S/C29H42N2O2/c1-6-27(25-17-10-9-11-18-25)29(32)31(24(4)16-14-22-30(7-2)8-3)23-15-20-26-19-12-13-21-28(26)33-5/h9-13,15,17-21,24,27H,6-8,14,16,22-23H2,1-5H3/b20-15+. The molecule has 0 spiro atoms. The summed E-state index contributed by atoms with van der Waals surface area (Å²) in [5, 5.41) is 0. The lowest BCUT2D eigenvalue weighted by Crippen LogP contribution is -2.42. The van der Waals surface area contributed by atoms with E-state index in [9.17, 15) is 4.79 Å². The quantitative estimate of drug-likeness (QED) is 0.341. The Labute approximate surface area is 201 Å². The van der Waals surface area contributed by atoms with Crippen molar-refractivity contribution in [2.45, 2.75) is 58.9 Å². The van der Waals surface area contributed by atoms with Gasteiger partial charge in [-0.05, 0) is 57.5 Å². The summed E-state index contributed by atoms with van der Waals surface area (Å²) in [6, 6.07) is 18.3. The van der Waals surface area contributed by atoms with Gasteiger partial charge < -0.3 is 14.5 Å². The van der Waals surface area contributed by atoms with E-state index in [1.54, 1.807) is 7.11 Å². The third-order valence-corrected chi connectivity index (χ3v) is 6.45. The molecule has 0 fully saturated rings. The predicted molar refractivity (Wildman–Crippen MR) is 140 cm³/mol. The van der Waals surface area contributed by atoms with Gasteiger partial charge in [-0.15, -0.1) is 0 Å². The van der Waals surface area contributed by atoms with Crippen molar-refractivity contribution >= 4 is 12.0 Å². The third kappa shape index (κ3) is 8.04. The highest BCUT2D eigenvalue weighted by molar-refractivity contribution is 5.84. The van der Waals surface area contributed by atoms with Crippen molar-refractivity contribution < 1.29 is 9.53 Å². The van der Waals surface area contributed by atoms with E-state index in [2.05, 4.69) is 61.8 Å². The summed E-state index contributed by atoms with van der Waals surface area (Å²) >= 11 is 0. The molecule has 0 radical (unpaired) electrons. The zero-order chi connectivity index (χ0) is 24.1. The first-order chi connectivity index (χ1) is 16.0. The molecule has 180 valence electrons. The van der Waals surface area contributed by atoms with Gasteiger partial charge in [-0.3, -0.25) is 4.79 Å². The summed E-state index contributed by atoms with van der Waals surface area (Å²) in [4.78, 5) is 18.3. The molecule has 4 heteroatoms. The van der Waals surface area contributed by atoms with Crippen molar-refractivity contribution in [2.75, 3.05) is 33.3 Å². The SMILES string of the molecule is CCC(C(=O)N(C/C=C/c1ccccc1OC)C(C)CCCN(CC)CC)c1ccccc1. The molecular formula is C29H42N2O2. The minimum atomic E-state index is -0.115. The minimum Gasteiger partial charge on any atom is -0.496 e. The van der Waals surface area contributed by atoms with Gasteiger partial charge in [0.25, 0.3) is 0 Å². The number of hydrogen-bond donors (Lipinski definition) is 0. The van der Waals surface area contributed by atoms with Gasteiger partial charge in [0.1, 0.15) is 5.75 Å². The first-order valence-corrected chi connectivity index (χ1v) is 12.4. The van der Waals surface area contributed by atoms with Crippen molar-refractivity contribution in [1.29, 1.82) is 0 Å². The van der Waals surface area contributed by atoms with Crippen molar-refractivity contribution in [3.05, 3.63) is 71.8 Å². The van der Waals surface area contributed by atoms with Crippen LogP contribution in [0.1, 0.15) is 64.0 Å². The molecule has 33 heavy (non-hydrogen) atoms. The molecule has 0 aliphatic carbocycles. The van der Waals surface area contributed by atoms with Crippen LogP contribution < -0.4 is 4.74 Å². The number of benzene rings is 2. The molecule has 2 rings (SSSR count). The van der Waals surface area contributed by atoms with Gasteiger partial charge >= 0.3 is 0 Å². The maximum atomic E-state index is 13.7. The highest BCUT2D eigenvalue weighted by atomic mass is 16.5. The van der Waals surface area contributed by atoms with Gasteiger partial charge in [-0.2, -0.15) is 0 Å². The second-order valence-electron chi connectivity index (χ2n) is 8.52. The molecule has 2 unspecified atom stereocenters. The van der Waals surface area contributed by atoms with Crippen molar-refractivity contribution in [3.63, 3.8) is 0 Å². The van der Waals surface area contributed by atoms with Crippen molar-refractivity contribution in [2.24, 2.45) is 0 Å². The Morgan fingerprint density at radius 3 is 2.30 bits per heavy atom. The van der Waals surface area contributed by atoms with E-state index < -0.39 is 0 Å². The Morgan fingerprint density at radius 1 is 1.00 bits per heavy atom. The Hall–Kier alpha value is -2.59. The summed E-state index contributed by atoms with van der Waals surface area (Å²) in [5.74, 6) is 0.939. The van der Waals surface area contributed by atoms with Gasteiger partial charge in [-0.1, -0.05) is 81.5 Å². The predicted octanol–water partition coefficient (Wildman–Crippen LogP) is 6.24. The first-order valence-electron chi connectivity index (χ1n) is 12.4. The van der Waals surface area contributed by atoms with Crippen molar-refractivity contribution in [1.82, 2.24) is 9.80 Å². The molecule has 0 aliphatic rings. The smallest absolute Gasteiger partial charge is 0.230 e. The number of para-hydroxylation sites is 1. The second-order valence-corrected chi connectivity index (χ2v) is 8.52. The van der Waals surface area contributed by atoms with Crippen LogP contribution >= 0.6 is 0 Å². The van der Waals surface area contributed by atoms with E-state index in [0.717, 1.165) is 55.8 Å². The third-order valence-electron chi connectivity index (χ3n) is 6.45. The number of hydrogen-bond acceptors (Lipinski definition) is 3. The van der Waals surface area contributed by atoms with E-state index in [0.29, 0.717) is 6.54 Å².